The quantitative estimate of drug-likeness (QED) is 0.436. The maximum Gasteiger partial charge on any atom is 0.260 e. The highest BCUT2D eigenvalue weighted by Gasteiger charge is 2.41. The monoisotopic (exact) mass is 97.0 g/mol. The standard InChI is InChI=1S/C4H3NO2/c6-3-2-1-5-4(3)7-2/h1,4-5H. The van der Waals surface area contributed by atoms with Gasteiger partial charge in [-0.2, -0.15) is 0 Å². The van der Waals surface area contributed by atoms with Crippen LogP contribution in [0.5, 0.6) is 0 Å². The fourth-order valence-electron chi connectivity index (χ4n) is 0.676. The van der Waals surface area contributed by atoms with Crippen molar-refractivity contribution in [2.75, 3.05) is 0 Å². The molecule has 1 N–H and O–H groups in total. The molecule has 0 aliphatic carbocycles. The first-order valence-electron chi connectivity index (χ1n) is 2.05. The van der Waals surface area contributed by atoms with Crippen LogP contribution in [0.3, 0.4) is 0 Å². The number of hydrogen-bond donors (Lipinski definition) is 1. The smallest absolute Gasteiger partial charge is 0.260 e. The Morgan fingerprint density at radius 2 is 2.71 bits per heavy atom. The summed E-state index contributed by atoms with van der Waals surface area (Å²) >= 11 is 0. The van der Waals surface area contributed by atoms with Gasteiger partial charge in [-0.25, -0.2) is 0 Å². The van der Waals surface area contributed by atoms with E-state index in [0.717, 1.165) is 0 Å². The fourth-order valence-corrected chi connectivity index (χ4v) is 0.676. The van der Waals surface area contributed by atoms with Gasteiger partial charge in [-0.15, -0.1) is 0 Å². The summed E-state index contributed by atoms with van der Waals surface area (Å²) in [6.45, 7) is 0. The molecule has 0 aromatic rings. The lowest BCUT2D eigenvalue weighted by molar-refractivity contribution is -0.139. The number of hydrogen-bond acceptors (Lipinski definition) is 3. The summed E-state index contributed by atoms with van der Waals surface area (Å²) in [5, 5.41) is 2.71. The predicted octanol–water partition coefficient (Wildman–Crippen LogP) is -0.644. The van der Waals surface area contributed by atoms with Crippen LogP contribution in [0.2, 0.25) is 0 Å². The van der Waals surface area contributed by atoms with Crippen molar-refractivity contribution < 1.29 is 9.53 Å². The van der Waals surface area contributed by atoms with Gasteiger partial charge in [-0.05, 0) is 0 Å². The van der Waals surface area contributed by atoms with Gasteiger partial charge in [-0.1, -0.05) is 0 Å². The largest absolute Gasteiger partial charge is 0.457 e. The minimum Gasteiger partial charge on any atom is -0.457 e. The highest BCUT2D eigenvalue weighted by atomic mass is 16.6. The molecule has 1 fully saturated rings. The van der Waals surface area contributed by atoms with Crippen molar-refractivity contribution in [3.05, 3.63) is 12.0 Å². The molecule has 3 rings (SSSR count). The van der Waals surface area contributed by atoms with Crippen molar-refractivity contribution in [2.24, 2.45) is 0 Å². The number of rotatable bonds is 0. The summed E-state index contributed by atoms with van der Waals surface area (Å²) in [6.07, 6.45) is 1.27. The van der Waals surface area contributed by atoms with Crippen LogP contribution in [0, 0.1) is 0 Å². The average molecular weight is 97.1 g/mol. The van der Waals surface area contributed by atoms with Crippen LogP contribution in [0.25, 0.3) is 0 Å². The summed E-state index contributed by atoms with van der Waals surface area (Å²) in [5.41, 5.74) is 0. The van der Waals surface area contributed by atoms with Crippen molar-refractivity contribution in [3.63, 3.8) is 0 Å². The zero-order valence-electron chi connectivity index (χ0n) is 3.47. The number of nitrogens with one attached hydrogen (secondary N) is 1. The molecule has 1 unspecified atom stereocenters. The second kappa shape index (κ2) is 0.665. The first kappa shape index (κ1) is 3.07. The van der Waals surface area contributed by atoms with Crippen LogP contribution in [0.4, 0.5) is 0 Å². The zero-order valence-corrected chi connectivity index (χ0v) is 3.47. The summed E-state index contributed by atoms with van der Waals surface area (Å²) in [4.78, 5) is 10.4. The molecule has 3 heteroatoms. The maximum absolute atomic E-state index is 10.4. The van der Waals surface area contributed by atoms with Gasteiger partial charge in [0.05, 0.1) is 0 Å². The summed E-state index contributed by atoms with van der Waals surface area (Å²) in [7, 11) is 0. The maximum atomic E-state index is 10.4. The summed E-state index contributed by atoms with van der Waals surface area (Å²) < 4.78 is 4.76. The molecule has 0 aromatic heterocycles. The Morgan fingerprint density at radius 1 is 1.86 bits per heavy atom. The second-order valence-corrected chi connectivity index (χ2v) is 1.54. The molecule has 3 aliphatic heterocycles. The third-order valence-electron chi connectivity index (χ3n) is 1.09. The third-order valence-corrected chi connectivity index (χ3v) is 1.09. The molecule has 2 bridgehead atoms. The number of fused-ring (bicyclic) bond motifs is 1. The van der Waals surface area contributed by atoms with Gasteiger partial charge in [0.15, 0.2) is 5.76 Å². The van der Waals surface area contributed by atoms with Gasteiger partial charge in [0.25, 0.3) is 5.78 Å². The van der Waals surface area contributed by atoms with E-state index in [4.69, 9.17) is 4.74 Å². The van der Waals surface area contributed by atoms with Crippen LogP contribution in [0.15, 0.2) is 12.0 Å². The third kappa shape index (κ3) is 0.177. The van der Waals surface area contributed by atoms with Crippen molar-refractivity contribution in [1.82, 2.24) is 5.32 Å². The molecule has 36 valence electrons. The van der Waals surface area contributed by atoms with Gasteiger partial charge in [0.1, 0.15) is 0 Å². The van der Waals surface area contributed by atoms with Crippen molar-refractivity contribution in [3.8, 4) is 0 Å². The molecule has 1 saturated heterocycles. The topological polar surface area (TPSA) is 38.3 Å². The molecule has 7 heavy (non-hydrogen) atoms. The molecule has 0 amide bonds. The average Bonchev–Trinajstić information content (AvgIpc) is 2.18. The van der Waals surface area contributed by atoms with E-state index in [1.165, 1.54) is 0 Å². The first-order valence-corrected chi connectivity index (χ1v) is 2.05. The Kier molecular flexibility index (Phi) is 0.291. The van der Waals surface area contributed by atoms with Crippen molar-refractivity contribution in [2.45, 2.75) is 6.23 Å². The predicted molar refractivity (Wildman–Crippen MR) is 21.1 cm³/mol. The molecule has 0 saturated carbocycles. The van der Waals surface area contributed by atoms with E-state index in [9.17, 15) is 4.79 Å². The zero-order chi connectivity index (χ0) is 4.85. The van der Waals surface area contributed by atoms with Gasteiger partial charge < -0.3 is 10.1 Å². The number of carbonyl (C=O) groups excluding carboxylic acids is 1. The molecular weight excluding hydrogens is 94.0 g/mol. The summed E-state index contributed by atoms with van der Waals surface area (Å²) in [5.74, 6) is 0.560. The minimum absolute atomic E-state index is 0.0833. The van der Waals surface area contributed by atoms with E-state index in [-0.39, 0.29) is 12.0 Å². The SMILES string of the molecule is O=C1C2=CNC1O2. The molecule has 3 nitrogen and oxygen atoms in total. The van der Waals surface area contributed by atoms with Crippen LogP contribution in [-0.4, -0.2) is 12.0 Å². The van der Waals surface area contributed by atoms with Crippen LogP contribution < -0.4 is 5.32 Å². The first-order chi connectivity index (χ1) is 3.38. The van der Waals surface area contributed by atoms with Gasteiger partial charge in [-0.3, -0.25) is 4.79 Å². The fraction of sp³-hybridized carbons (Fsp3) is 0.250. The van der Waals surface area contributed by atoms with Crippen molar-refractivity contribution in [1.29, 1.82) is 0 Å². The molecule has 3 heterocycles. The Morgan fingerprint density at radius 3 is 2.86 bits per heavy atom. The van der Waals surface area contributed by atoms with E-state index in [1.807, 2.05) is 0 Å². The lowest BCUT2D eigenvalue weighted by Crippen LogP contribution is -2.38. The number of carbonyl (C=O) groups is 1. The molecule has 1 atom stereocenters. The Balaban J connectivity index is 2.47. The highest BCUT2D eigenvalue weighted by Crippen LogP contribution is 2.22. The Bertz CT molecular complexity index is 159. The normalized spacial score (nSPS) is 32.9. The molecule has 0 spiro atoms. The van der Waals surface area contributed by atoms with Crippen LogP contribution in [-0.2, 0) is 9.53 Å². The number of Topliss-reactive ketones (excluding diaryl/α,β-unsaturated/α-hetero) is 1. The van der Waals surface area contributed by atoms with Gasteiger partial charge in [0.2, 0.25) is 6.23 Å². The van der Waals surface area contributed by atoms with E-state index >= 15 is 0 Å². The van der Waals surface area contributed by atoms with Crippen LogP contribution in [0.1, 0.15) is 0 Å². The number of ketones is 1. The highest BCUT2D eigenvalue weighted by molar-refractivity contribution is 6.03. The van der Waals surface area contributed by atoms with E-state index in [2.05, 4.69) is 5.32 Å². The Labute approximate surface area is 40.0 Å². The number of ether oxygens (including phenoxy) is 1. The molecule has 0 aromatic carbocycles. The molecular formula is C4H3NO2. The molecule has 0 radical (unpaired) electrons. The molecule has 3 aliphatic rings. The van der Waals surface area contributed by atoms with Crippen molar-refractivity contribution >= 4 is 5.78 Å². The van der Waals surface area contributed by atoms with Crippen LogP contribution >= 0.6 is 0 Å². The second-order valence-electron chi connectivity index (χ2n) is 1.54. The van der Waals surface area contributed by atoms with E-state index in [1.54, 1.807) is 6.20 Å². The van der Waals surface area contributed by atoms with E-state index < -0.39 is 0 Å². The van der Waals surface area contributed by atoms with Gasteiger partial charge >= 0.3 is 0 Å². The summed E-state index contributed by atoms with van der Waals surface area (Å²) in [6, 6.07) is 0. The lowest BCUT2D eigenvalue weighted by atomic mass is 10.3. The lowest BCUT2D eigenvalue weighted by Gasteiger charge is -2.17. The van der Waals surface area contributed by atoms with E-state index in [0.29, 0.717) is 5.76 Å². The minimum atomic E-state index is -0.324. The van der Waals surface area contributed by atoms with Gasteiger partial charge in [0, 0.05) is 6.20 Å². The Hall–Kier alpha value is -0.990.